The summed E-state index contributed by atoms with van der Waals surface area (Å²) >= 11 is 0. The molecule has 4 nitrogen and oxygen atoms in total. The van der Waals surface area contributed by atoms with Gasteiger partial charge in [0.2, 0.25) is 0 Å². The fraction of sp³-hybridized carbons (Fsp3) is 0.727. The minimum Gasteiger partial charge on any atom is -0.490 e. The van der Waals surface area contributed by atoms with Crippen LogP contribution in [0.15, 0.2) is 12.4 Å². The van der Waals surface area contributed by atoms with Crippen LogP contribution in [0.5, 0.6) is 5.75 Å². The van der Waals surface area contributed by atoms with E-state index in [2.05, 4.69) is 18.9 Å². The van der Waals surface area contributed by atoms with Gasteiger partial charge in [-0.2, -0.15) is 5.10 Å². The Hall–Kier alpha value is -1.03. The summed E-state index contributed by atoms with van der Waals surface area (Å²) < 4.78 is 7.32. The summed E-state index contributed by atoms with van der Waals surface area (Å²) in [5.41, 5.74) is -0.673. The summed E-state index contributed by atoms with van der Waals surface area (Å²) in [6.07, 6.45) is 4.18. The highest BCUT2D eigenvalue weighted by atomic mass is 16.5. The van der Waals surface area contributed by atoms with Gasteiger partial charge in [0.15, 0.2) is 5.75 Å². The van der Waals surface area contributed by atoms with Gasteiger partial charge in [0.25, 0.3) is 0 Å². The number of ether oxygens (including phenoxy) is 1. The molecule has 86 valence electrons. The normalized spacial score (nSPS) is 12.1. The lowest BCUT2D eigenvalue weighted by atomic mass is 10.1. The highest BCUT2D eigenvalue weighted by Gasteiger charge is 2.12. The summed E-state index contributed by atoms with van der Waals surface area (Å²) in [5, 5.41) is 13.6. The van der Waals surface area contributed by atoms with Crippen LogP contribution in [0.2, 0.25) is 0 Å². The second-order valence-electron chi connectivity index (χ2n) is 4.66. The monoisotopic (exact) mass is 212 g/mol. The van der Waals surface area contributed by atoms with Crippen molar-refractivity contribution in [2.75, 3.05) is 6.61 Å². The van der Waals surface area contributed by atoms with E-state index in [0.29, 0.717) is 19.1 Å². The molecule has 0 aliphatic carbocycles. The molecule has 0 aliphatic rings. The highest BCUT2D eigenvalue weighted by molar-refractivity contribution is 5.11. The molecule has 1 N–H and O–H groups in total. The molecule has 0 fully saturated rings. The molecule has 1 aromatic heterocycles. The Bertz CT molecular complexity index is 300. The van der Waals surface area contributed by atoms with E-state index in [4.69, 9.17) is 4.74 Å². The molecular weight excluding hydrogens is 192 g/mol. The van der Waals surface area contributed by atoms with Crippen LogP contribution in [0.3, 0.4) is 0 Å². The first-order valence-electron chi connectivity index (χ1n) is 5.28. The van der Waals surface area contributed by atoms with E-state index in [1.807, 2.05) is 10.9 Å². The lowest BCUT2D eigenvalue weighted by Gasteiger charge is -2.16. The molecule has 1 heterocycles. The van der Waals surface area contributed by atoms with Crippen molar-refractivity contribution in [1.29, 1.82) is 0 Å². The van der Waals surface area contributed by atoms with Gasteiger partial charge in [-0.15, -0.1) is 0 Å². The maximum absolute atomic E-state index is 9.49. The third-order valence-corrected chi connectivity index (χ3v) is 2.09. The Morgan fingerprint density at radius 2 is 2.20 bits per heavy atom. The molecule has 1 rings (SSSR count). The third-order valence-electron chi connectivity index (χ3n) is 2.09. The van der Waals surface area contributed by atoms with Gasteiger partial charge in [-0.1, -0.05) is 0 Å². The summed E-state index contributed by atoms with van der Waals surface area (Å²) in [6, 6.07) is 0.344. The van der Waals surface area contributed by atoms with E-state index in [1.165, 1.54) is 0 Å². The first kappa shape index (κ1) is 12.0. The SMILES string of the molecule is CC(C)n1cc(OCCC(C)(C)O)cn1. The number of rotatable bonds is 5. The largest absolute Gasteiger partial charge is 0.490 e. The number of hydrogen-bond donors (Lipinski definition) is 1. The van der Waals surface area contributed by atoms with E-state index >= 15 is 0 Å². The summed E-state index contributed by atoms with van der Waals surface area (Å²) in [6.45, 7) is 8.18. The van der Waals surface area contributed by atoms with Crippen LogP contribution < -0.4 is 4.74 Å². The molecular formula is C11H20N2O2. The molecule has 0 spiro atoms. The van der Waals surface area contributed by atoms with E-state index in [9.17, 15) is 5.11 Å². The smallest absolute Gasteiger partial charge is 0.157 e. The minimum atomic E-state index is -0.673. The van der Waals surface area contributed by atoms with Crippen molar-refractivity contribution in [1.82, 2.24) is 9.78 Å². The van der Waals surface area contributed by atoms with Gasteiger partial charge in [0.1, 0.15) is 0 Å². The first-order valence-corrected chi connectivity index (χ1v) is 5.28. The quantitative estimate of drug-likeness (QED) is 0.812. The second kappa shape index (κ2) is 4.66. The van der Waals surface area contributed by atoms with Gasteiger partial charge in [-0.3, -0.25) is 4.68 Å². The Morgan fingerprint density at radius 3 is 2.67 bits per heavy atom. The van der Waals surface area contributed by atoms with Crippen molar-refractivity contribution in [2.24, 2.45) is 0 Å². The van der Waals surface area contributed by atoms with Crippen molar-refractivity contribution in [2.45, 2.75) is 45.8 Å². The zero-order chi connectivity index (χ0) is 11.5. The summed E-state index contributed by atoms with van der Waals surface area (Å²) in [4.78, 5) is 0. The van der Waals surface area contributed by atoms with E-state index in [-0.39, 0.29) is 0 Å². The molecule has 0 atom stereocenters. The van der Waals surface area contributed by atoms with Gasteiger partial charge in [0, 0.05) is 12.5 Å². The zero-order valence-corrected chi connectivity index (χ0v) is 9.90. The van der Waals surface area contributed by atoms with E-state index in [1.54, 1.807) is 20.0 Å². The van der Waals surface area contributed by atoms with Crippen LogP contribution in [-0.4, -0.2) is 27.1 Å². The van der Waals surface area contributed by atoms with Crippen molar-refractivity contribution >= 4 is 0 Å². The van der Waals surface area contributed by atoms with Crippen LogP contribution in [0.25, 0.3) is 0 Å². The maximum atomic E-state index is 9.49. The number of aliphatic hydroxyl groups is 1. The van der Waals surface area contributed by atoms with Gasteiger partial charge in [-0.25, -0.2) is 0 Å². The van der Waals surface area contributed by atoms with Gasteiger partial charge in [0.05, 0.1) is 24.6 Å². The Balaban J connectivity index is 2.38. The Kier molecular flexibility index (Phi) is 3.74. The molecule has 15 heavy (non-hydrogen) atoms. The molecule has 4 heteroatoms. The lowest BCUT2D eigenvalue weighted by molar-refractivity contribution is 0.0553. The number of hydrogen-bond acceptors (Lipinski definition) is 3. The molecule has 1 aromatic rings. The van der Waals surface area contributed by atoms with Gasteiger partial charge in [-0.05, 0) is 27.7 Å². The predicted octanol–water partition coefficient (Wildman–Crippen LogP) is 2.00. The van der Waals surface area contributed by atoms with E-state index in [0.717, 1.165) is 5.75 Å². The number of aromatic nitrogens is 2. The van der Waals surface area contributed by atoms with Crippen LogP contribution in [0.1, 0.15) is 40.2 Å². The Labute approximate surface area is 90.9 Å². The van der Waals surface area contributed by atoms with Crippen LogP contribution in [0.4, 0.5) is 0 Å². The van der Waals surface area contributed by atoms with Gasteiger partial charge < -0.3 is 9.84 Å². The molecule has 0 saturated carbocycles. The standard InChI is InChI=1S/C11H20N2O2/c1-9(2)13-8-10(7-12-13)15-6-5-11(3,4)14/h7-9,14H,5-6H2,1-4H3. The topological polar surface area (TPSA) is 47.3 Å². The first-order chi connectivity index (χ1) is 6.88. The average molecular weight is 212 g/mol. The van der Waals surface area contributed by atoms with Crippen molar-refractivity contribution in [3.8, 4) is 5.75 Å². The molecule has 0 unspecified atom stereocenters. The zero-order valence-electron chi connectivity index (χ0n) is 9.90. The van der Waals surface area contributed by atoms with E-state index < -0.39 is 5.60 Å². The highest BCUT2D eigenvalue weighted by Crippen LogP contribution is 2.14. The van der Waals surface area contributed by atoms with Crippen LogP contribution >= 0.6 is 0 Å². The minimum absolute atomic E-state index is 0.344. The van der Waals surface area contributed by atoms with Crippen LogP contribution in [0, 0.1) is 0 Å². The van der Waals surface area contributed by atoms with Crippen molar-refractivity contribution in [3.63, 3.8) is 0 Å². The molecule has 0 bridgehead atoms. The lowest BCUT2D eigenvalue weighted by Crippen LogP contribution is -2.21. The molecule has 0 aliphatic heterocycles. The fourth-order valence-corrected chi connectivity index (χ4v) is 1.10. The summed E-state index contributed by atoms with van der Waals surface area (Å²) in [5.74, 6) is 0.757. The van der Waals surface area contributed by atoms with Crippen molar-refractivity contribution in [3.05, 3.63) is 12.4 Å². The Morgan fingerprint density at radius 1 is 1.53 bits per heavy atom. The fourth-order valence-electron chi connectivity index (χ4n) is 1.10. The molecule has 0 saturated heterocycles. The average Bonchev–Trinajstić information content (AvgIpc) is 2.50. The number of nitrogens with zero attached hydrogens (tertiary/aromatic N) is 2. The van der Waals surface area contributed by atoms with Crippen molar-refractivity contribution < 1.29 is 9.84 Å². The summed E-state index contributed by atoms with van der Waals surface area (Å²) in [7, 11) is 0. The van der Waals surface area contributed by atoms with Gasteiger partial charge >= 0.3 is 0 Å². The predicted molar refractivity (Wildman–Crippen MR) is 59.0 cm³/mol. The van der Waals surface area contributed by atoms with Crippen LogP contribution in [-0.2, 0) is 0 Å². The molecule has 0 radical (unpaired) electrons. The molecule has 0 amide bonds. The third kappa shape index (κ3) is 4.34. The molecule has 0 aromatic carbocycles. The second-order valence-corrected chi connectivity index (χ2v) is 4.66. The maximum Gasteiger partial charge on any atom is 0.157 e.